The van der Waals surface area contributed by atoms with Gasteiger partial charge in [0.1, 0.15) is 5.75 Å². The molecule has 0 unspecified atom stereocenters. The highest BCUT2D eigenvalue weighted by molar-refractivity contribution is 7.98. The topological polar surface area (TPSA) is 73.1 Å². The number of methoxy groups -OCH3 is 1. The van der Waals surface area contributed by atoms with Crippen LogP contribution in [0.1, 0.15) is 15.9 Å². The number of ether oxygens (including phenoxy) is 1. The van der Waals surface area contributed by atoms with Gasteiger partial charge in [0.05, 0.1) is 24.6 Å². The molecule has 3 rings (SSSR count). The molecule has 1 aromatic carbocycles. The normalized spacial score (nSPS) is 10.6. The molecule has 0 atom stereocenters. The molecule has 0 aliphatic rings. The van der Waals surface area contributed by atoms with Crippen LogP contribution in [0.3, 0.4) is 0 Å². The van der Waals surface area contributed by atoms with Crippen LogP contribution in [0.2, 0.25) is 0 Å². The van der Waals surface area contributed by atoms with Crippen LogP contribution < -0.4 is 4.74 Å². The highest BCUT2D eigenvalue weighted by Gasteiger charge is 2.14. The first-order valence-corrected chi connectivity index (χ1v) is 9.12. The number of hydrogen-bond donors (Lipinski definition) is 0. The van der Waals surface area contributed by atoms with Gasteiger partial charge in [-0.2, -0.15) is 5.10 Å². The van der Waals surface area contributed by atoms with Crippen LogP contribution in [-0.4, -0.2) is 51.0 Å². The Hall–Kier alpha value is -2.87. The van der Waals surface area contributed by atoms with E-state index in [2.05, 4.69) is 15.1 Å². The van der Waals surface area contributed by atoms with E-state index in [4.69, 9.17) is 4.74 Å². The Kier molecular flexibility index (Phi) is 5.52. The molecule has 0 aliphatic carbocycles. The molecular weight excluding hydrogens is 350 g/mol. The second-order valence-corrected chi connectivity index (χ2v) is 6.39. The Balaban J connectivity index is 1.70. The van der Waals surface area contributed by atoms with Crippen LogP contribution in [0, 0.1) is 0 Å². The molecule has 2 aromatic heterocycles. The fourth-order valence-corrected chi connectivity index (χ4v) is 2.75. The maximum Gasteiger partial charge on any atom is 0.257 e. The molecule has 0 bridgehead atoms. The van der Waals surface area contributed by atoms with Crippen molar-refractivity contribution in [3.05, 3.63) is 60.2 Å². The summed E-state index contributed by atoms with van der Waals surface area (Å²) in [6, 6.07) is 7.63. The van der Waals surface area contributed by atoms with Crippen molar-refractivity contribution in [1.29, 1.82) is 0 Å². The van der Waals surface area contributed by atoms with E-state index in [9.17, 15) is 4.79 Å². The summed E-state index contributed by atoms with van der Waals surface area (Å²) >= 11 is 1.44. The molecule has 0 saturated carbocycles. The van der Waals surface area contributed by atoms with Crippen molar-refractivity contribution >= 4 is 17.7 Å². The first-order chi connectivity index (χ1) is 12.6. The van der Waals surface area contributed by atoms with Crippen LogP contribution in [0.5, 0.6) is 5.75 Å². The zero-order chi connectivity index (χ0) is 18.5. The van der Waals surface area contributed by atoms with E-state index in [1.54, 1.807) is 42.3 Å². The van der Waals surface area contributed by atoms with Crippen molar-refractivity contribution in [1.82, 2.24) is 24.6 Å². The molecule has 0 spiro atoms. The summed E-state index contributed by atoms with van der Waals surface area (Å²) in [4.78, 5) is 22.4. The molecule has 7 nitrogen and oxygen atoms in total. The smallest absolute Gasteiger partial charge is 0.257 e. The zero-order valence-corrected chi connectivity index (χ0v) is 15.6. The van der Waals surface area contributed by atoms with Gasteiger partial charge in [-0.3, -0.25) is 4.79 Å². The molecule has 0 fully saturated rings. The highest BCUT2D eigenvalue weighted by Crippen LogP contribution is 2.17. The zero-order valence-electron chi connectivity index (χ0n) is 14.8. The standard InChI is InChI=1S/C18H19N5O2S/c1-22(17(24)14-9-19-18(26-3)20-10-14)11-13-8-21-23(12-13)15-5-4-6-16(7-15)25-2/h4-10,12H,11H2,1-3H3. The van der Waals surface area contributed by atoms with Gasteiger partial charge in [-0.05, 0) is 18.4 Å². The van der Waals surface area contributed by atoms with Crippen LogP contribution >= 0.6 is 11.8 Å². The second kappa shape index (κ2) is 8.01. The van der Waals surface area contributed by atoms with Gasteiger partial charge < -0.3 is 9.64 Å². The molecule has 134 valence electrons. The monoisotopic (exact) mass is 369 g/mol. The lowest BCUT2D eigenvalue weighted by atomic mass is 10.2. The Labute approximate surface area is 156 Å². The Morgan fingerprint density at radius 2 is 2.04 bits per heavy atom. The Morgan fingerprint density at radius 3 is 2.73 bits per heavy atom. The van der Waals surface area contributed by atoms with Gasteiger partial charge in [0.2, 0.25) is 0 Å². The van der Waals surface area contributed by atoms with Crippen molar-refractivity contribution in [2.45, 2.75) is 11.7 Å². The summed E-state index contributed by atoms with van der Waals surface area (Å²) in [5.41, 5.74) is 2.28. The van der Waals surface area contributed by atoms with Gasteiger partial charge in [0.25, 0.3) is 5.91 Å². The van der Waals surface area contributed by atoms with Gasteiger partial charge >= 0.3 is 0 Å². The van der Waals surface area contributed by atoms with Crippen LogP contribution in [0.15, 0.2) is 54.2 Å². The summed E-state index contributed by atoms with van der Waals surface area (Å²) in [5, 5.41) is 5.01. The van der Waals surface area contributed by atoms with E-state index in [1.807, 2.05) is 36.7 Å². The summed E-state index contributed by atoms with van der Waals surface area (Å²) in [5.74, 6) is 0.632. The number of aromatic nitrogens is 4. The summed E-state index contributed by atoms with van der Waals surface area (Å²) in [6.45, 7) is 0.438. The maximum atomic E-state index is 12.5. The van der Waals surface area contributed by atoms with Crippen molar-refractivity contribution in [3.63, 3.8) is 0 Å². The minimum Gasteiger partial charge on any atom is -0.497 e. The van der Waals surface area contributed by atoms with E-state index in [1.165, 1.54) is 11.8 Å². The van der Waals surface area contributed by atoms with Crippen molar-refractivity contribution in [2.75, 3.05) is 20.4 Å². The van der Waals surface area contributed by atoms with Crippen molar-refractivity contribution in [2.24, 2.45) is 0 Å². The van der Waals surface area contributed by atoms with E-state index >= 15 is 0 Å². The summed E-state index contributed by atoms with van der Waals surface area (Å²) in [7, 11) is 3.37. The molecule has 0 radical (unpaired) electrons. The first-order valence-electron chi connectivity index (χ1n) is 7.90. The van der Waals surface area contributed by atoms with Gasteiger partial charge in [-0.15, -0.1) is 0 Å². The van der Waals surface area contributed by atoms with Gasteiger partial charge in [-0.25, -0.2) is 14.6 Å². The van der Waals surface area contributed by atoms with Crippen LogP contribution in [0.25, 0.3) is 5.69 Å². The fourth-order valence-electron chi connectivity index (χ4n) is 2.43. The molecule has 0 N–H and O–H groups in total. The SMILES string of the molecule is COc1cccc(-n2cc(CN(C)C(=O)c3cnc(SC)nc3)cn2)c1. The minimum absolute atomic E-state index is 0.133. The third-order valence-electron chi connectivity index (χ3n) is 3.78. The molecular formula is C18H19N5O2S. The Morgan fingerprint density at radius 1 is 1.27 bits per heavy atom. The number of amides is 1. The van der Waals surface area contributed by atoms with Gasteiger partial charge in [0, 0.05) is 43.8 Å². The first kappa shape index (κ1) is 17.9. The van der Waals surface area contributed by atoms with E-state index in [-0.39, 0.29) is 5.91 Å². The number of nitrogens with zero attached hydrogens (tertiary/aromatic N) is 5. The number of rotatable bonds is 6. The van der Waals surface area contributed by atoms with Crippen molar-refractivity contribution < 1.29 is 9.53 Å². The average molecular weight is 369 g/mol. The van der Waals surface area contributed by atoms with E-state index in [0.717, 1.165) is 17.0 Å². The third kappa shape index (κ3) is 4.02. The van der Waals surface area contributed by atoms with Gasteiger partial charge in [0.15, 0.2) is 5.16 Å². The lowest BCUT2D eigenvalue weighted by Crippen LogP contribution is -2.26. The number of benzene rings is 1. The molecule has 3 aromatic rings. The predicted octanol–water partition coefficient (Wildman–Crippen LogP) is 2.67. The Bertz CT molecular complexity index is 895. The lowest BCUT2D eigenvalue weighted by molar-refractivity contribution is 0.0784. The maximum absolute atomic E-state index is 12.5. The predicted molar refractivity (Wildman–Crippen MR) is 99.7 cm³/mol. The highest BCUT2D eigenvalue weighted by atomic mass is 32.2. The largest absolute Gasteiger partial charge is 0.497 e. The third-order valence-corrected chi connectivity index (χ3v) is 4.35. The summed E-state index contributed by atoms with van der Waals surface area (Å²) in [6.07, 6.45) is 8.64. The molecule has 0 aliphatic heterocycles. The fraction of sp³-hybridized carbons (Fsp3) is 0.222. The molecule has 1 amide bonds. The van der Waals surface area contributed by atoms with Crippen LogP contribution in [0.4, 0.5) is 0 Å². The molecule has 26 heavy (non-hydrogen) atoms. The average Bonchev–Trinajstić information content (AvgIpc) is 3.16. The number of hydrogen-bond acceptors (Lipinski definition) is 6. The van der Waals surface area contributed by atoms with Gasteiger partial charge in [-0.1, -0.05) is 17.8 Å². The number of carbonyl (C=O) groups excluding carboxylic acids is 1. The lowest BCUT2D eigenvalue weighted by Gasteiger charge is -2.15. The van der Waals surface area contributed by atoms with Crippen LogP contribution in [-0.2, 0) is 6.54 Å². The molecule has 0 saturated heterocycles. The van der Waals surface area contributed by atoms with E-state index < -0.39 is 0 Å². The quantitative estimate of drug-likeness (QED) is 0.491. The van der Waals surface area contributed by atoms with E-state index in [0.29, 0.717) is 17.3 Å². The van der Waals surface area contributed by atoms with Crippen molar-refractivity contribution in [3.8, 4) is 11.4 Å². The summed E-state index contributed by atoms with van der Waals surface area (Å²) < 4.78 is 6.99. The number of carbonyl (C=O) groups is 1. The molecule has 8 heteroatoms. The minimum atomic E-state index is -0.133. The number of thioether (sulfide) groups is 1. The second-order valence-electron chi connectivity index (χ2n) is 5.61. The molecule has 2 heterocycles.